The highest BCUT2D eigenvalue weighted by Gasteiger charge is 2.33. The van der Waals surface area contributed by atoms with Crippen LogP contribution in [-0.2, 0) is 17.8 Å². The van der Waals surface area contributed by atoms with E-state index < -0.39 is 12.0 Å². The first-order valence-corrected chi connectivity index (χ1v) is 11.1. The number of aromatic nitrogens is 2. The van der Waals surface area contributed by atoms with Crippen LogP contribution in [0.3, 0.4) is 0 Å². The molecule has 2 aromatic heterocycles. The average Bonchev–Trinajstić information content (AvgIpc) is 3.43. The first-order valence-electron chi connectivity index (χ1n) is 10.3. The molecule has 2 N–H and O–H groups in total. The predicted molar refractivity (Wildman–Crippen MR) is 123 cm³/mol. The molecule has 1 aliphatic rings. The molecule has 3 heterocycles. The van der Waals surface area contributed by atoms with Crippen molar-refractivity contribution < 1.29 is 19.4 Å². The van der Waals surface area contributed by atoms with Crippen LogP contribution in [0.1, 0.15) is 22.2 Å². The lowest BCUT2D eigenvalue weighted by Gasteiger charge is -2.31. The standard InChI is InChI=1S/C24H23N3O4S/c1-30-15-5-3-14(4-6-15)23-26-20-9-10-27(13-21(20)32-23)22(24(28)29)18-12-25-19-8-7-16(31-2)11-17(18)19/h3-8,11-12,22,25H,9-10,13H2,1-2H3,(H,28,29)/t22-/m1/s1. The summed E-state index contributed by atoms with van der Waals surface area (Å²) < 4.78 is 10.6. The van der Waals surface area contributed by atoms with E-state index in [2.05, 4.69) is 4.98 Å². The Morgan fingerprint density at radius 3 is 2.62 bits per heavy atom. The van der Waals surface area contributed by atoms with Gasteiger partial charge < -0.3 is 19.6 Å². The average molecular weight is 450 g/mol. The highest BCUT2D eigenvalue weighted by atomic mass is 32.1. The molecule has 0 aliphatic carbocycles. The third kappa shape index (κ3) is 3.61. The summed E-state index contributed by atoms with van der Waals surface area (Å²) in [6, 6.07) is 12.8. The minimum atomic E-state index is -0.864. The van der Waals surface area contributed by atoms with E-state index in [9.17, 15) is 9.90 Å². The summed E-state index contributed by atoms with van der Waals surface area (Å²) in [5.74, 6) is 0.646. The number of fused-ring (bicyclic) bond motifs is 2. The molecule has 0 bridgehead atoms. The number of carboxylic acid groups (broad SMARTS) is 1. The fourth-order valence-corrected chi connectivity index (χ4v) is 5.39. The van der Waals surface area contributed by atoms with Gasteiger partial charge in [0.1, 0.15) is 22.5 Å². The summed E-state index contributed by atoms with van der Waals surface area (Å²) in [6.07, 6.45) is 2.52. The lowest BCUT2D eigenvalue weighted by atomic mass is 10.0. The zero-order valence-corrected chi connectivity index (χ0v) is 18.6. The van der Waals surface area contributed by atoms with Crippen LogP contribution in [0.5, 0.6) is 11.5 Å². The Labute approximate surface area is 189 Å². The van der Waals surface area contributed by atoms with Crippen LogP contribution >= 0.6 is 11.3 Å². The van der Waals surface area contributed by atoms with Crippen molar-refractivity contribution in [3.05, 3.63) is 64.8 Å². The highest BCUT2D eigenvalue weighted by Crippen LogP contribution is 2.37. The molecule has 0 saturated carbocycles. The zero-order valence-electron chi connectivity index (χ0n) is 17.8. The Morgan fingerprint density at radius 1 is 1.16 bits per heavy atom. The monoisotopic (exact) mass is 449 g/mol. The van der Waals surface area contributed by atoms with Gasteiger partial charge in [-0.05, 0) is 42.5 Å². The molecule has 0 saturated heterocycles. The number of rotatable bonds is 6. The number of hydrogen-bond acceptors (Lipinski definition) is 6. The number of nitrogens with one attached hydrogen (secondary N) is 1. The second-order valence-electron chi connectivity index (χ2n) is 7.73. The smallest absolute Gasteiger partial charge is 0.325 e. The molecule has 0 spiro atoms. The largest absolute Gasteiger partial charge is 0.497 e. The Morgan fingerprint density at radius 2 is 1.91 bits per heavy atom. The Balaban J connectivity index is 1.45. The molecule has 7 nitrogen and oxygen atoms in total. The molecule has 164 valence electrons. The number of H-pyrrole nitrogens is 1. The number of nitrogens with zero attached hydrogens (tertiary/aromatic N) is 2. The summed E-state index contributed by atoms with van der Waals surface area (Å²) in [5, 5.41) is 12.0. The number of thiazole rings is 1. The van der Waals surface area contributed by atoms with Crippen molar-refractivity contribution in [2.24, 2.45) is 0 Å². The first kappa shape index (κ1) is 20.5. The van der Waals surface area contributed by atoms with Crippen molar-refractivity contribution in [2.75, 3.05) is 20.8 Å². The predicted octanol–water partition coefficient (Wildman–Crippen LogP) is 4.49. The molecule has 0 amide bonds. The summed E-state index contributed by atoms with van der Waals surface area (Å²) in [4.78, 5) is 23.6. The number of aliphatic carboxylic acids is 1. The number of carbonyl (C=O) groups is 1. The fraction of sp³-hybridized carbons (Fsp3) is 0.250. The highest BCUT2D eigenvalue weighted by molar-refractivity contribution is 7.15. The molecule has 0 fully saturated rings. The number of methoxy groups -OCH3 is 2. The van der Waals surface area contributed by atoms with Crippen LogP contribution in [-0.4, -0.2) is 46.7 Å². The summed E-state index contributed by atoms with van der Waals surface area (Å²) in [5.41, 5.74) is 3.73. The molecule has 4 aromatic rings. The summed E-state index contributed by atoms with van der Waals surface area (Å²) in [6.45, 7) is 1.18. The van der Waals surface area contributed by atoms with Gasteiger partial charge in [-0.15, -0.1) is 11.3 Å². The molecule has 1 aliphatic heterocycles. The second kappa shape index (κ2) is 8.29. The minimum absolute atomic E-state index is 0.552. The Bertz CT molecular complexity index is 1280. The summed E-state index contributed by atoms with van der Waals surface area (Å²) in [7, 11) is 3.26. The van der Waals surface area contributed by atoms with Crippen molar-refractivity contribution in [1.29, 1.82) is 0 Å². The number of carboxylic acids is 1. The maximum Gasteiger partial charge on any atom is 0.325 e. The second-order valence-corrected chi connectivity index (χ2v) is 8.82. The molecule has 0 radical (unpaired) electrons. The maximum atomic E-state index is 12.4. The van der Waals surface area contributed by atoms with Crippen LogP contribution in [0.15, 0.2) is 48.7 Å². The number of benzene rings is 2. The molecule has 2 aromatic carbocycles. The molecule has 1 atom stereocenters. The number of hydrogen-bond donors (Lipinski definition) is 2. The zero-order chi connectivity index (χ0) is 22.2. The van der Waals surface area contributed by atoms with Gasteiger partial charge in [0.25, 0.3) is 0 Å². The number of aromatic amines is 1. The number of ether oxygens (including phenoxy) is 2. The topological polar surface area (TPSA) is 87.7 Å². The van der Waals surface area contributed by atoms with Crippen LogP contribution in [0.4, 0.5) is 0 Å². The van der Waals surface area contributed by atoms with Crippen molar-refractivity contribution in [3.8, 4) is 22.1 Å². The van der Waals surface area contributed by atoms with E-state index in [0.717, 1.165) is 49.8 Å². The van der Waals surface area contributed by atoms with E-state index in [1.165, 1.54) is 0 Å². The van der Waals surface area contributed by atoms with Crippen molar-refractivity contribution in [2.45, 2.75) is 19.0 Å². The molecule has 5 rings (SSSR count). The minimum Gasteiger partial charge on any atom is -0.497 e. The van der Waals surface area contributed by atoms with E-state index >= 15 is 0 Å². The first-order chi connectivity index (χ1) is 15.6. The van der Waals surface area contributed by atoms with E-state index in [0.29, 0.717) is 18.8 Å². The van der Waals surface area contributed by atoms with E-state index in [-0.39, 0.29) is 0 Å². The Hall–Kier alpha value is -3.36. The van der Waals surface area contributed by atoms with Crippen LogP contribution in [0.2, 0.25) is 0 Å². The molecular formula is C24H23N3O4S. The fourth-order valence-electron chi connectivity index (χ4n) is 4.25. The van der Waals surface area contributed by atoms with Gasteiger partial charge in [0.05, 0.1) is 19.9 Å². The summed E-state index contributed by atoms with van der Waals surface area (Å²) >= 11 is 1.63. The normalized spacial score (nSPS) is 14.8. The van der Waals surface area contributed by atoms with E-state index in [1.807, 2.05) is 47.4 Å². The van der Waals surface area contributed by atoms with Gasteiger partial charge in [-0.25, -0.2) is 4.98 Å². The van der Waals surface area contributed by atoms with Gasteiger partial charge >= 0.3 is 5.97 Å². The van der Waals surface area contributed by atoms with E-state index in [1.54, 1.807) is 31.8 Å². The molecule has 8 heteroatoms. The Kier molecular flexibility index (Phi) is 5.32. The third-order valence-corrected chi connectivity index (χ3v) is 7.04. The maximum absolute atomic E-state index is 12.4. The quantitative estimate of drug-likeness (QED) is 0.451. The van der Waals surface area contributed by atoms with Gasteiger partial charge in [0.2, 0.25) is 0 Å². The van der Waals surface area contributed by atoms with Gasteiger partial charge in [-0.1, -0.05) is 0 Å². The SMILES string of the molecule is COc1ccc(-c2nc3c(s2)CN([C@@H](C(=O)O)c2c[nH]c4ccc(OC)cc24)CC3)cc1. The third-order valence-electron chi connectivity index (χ3n) is 5.91. The van der Waals surface area contributed by atoms with Crippen LogP contribution < -0.4 is 9.47 Å². The molecule has 32 heavy (non-hydrogen) atoms. The van der Waals surface area contributed by atoms with Gasteiger partial charge in [-0.3, -0.25) is 9.69 Å². The van der Waals surface area contributed by atoms with E-state index in [4.69, 9.17) is 14.5 Å². The van der Waals surface area contributed by atoms with Crippen molar-refractivity contribution in [3.63, 3.8) is 0 Å². The molecular weight excluding hydrogens is 426 g/mol. The van der Waals surface area contributed by atoms with Gasteiger partial charge in [-0.2, -0.15) is 0 Å². The van der Waals surface area contributed by atoms with Crippen molar-refractivity contribution in [1.82, 2.24) is 14.9 Å². The molecule has 0 unspecified atom stereocenters. The lowest BCUT2D eigenvalue weighted by Crippen LogP contribution is -2.37. The van der Waals surface area contributed by atoms with Crippen molar-refractivity contribution >= 4 is 28.2 Å². The van der Waals surface area contributed by atoms with Gasteiger partial charge in [0.15, 0.2) is 0 Å². The van der Waals surface area contributed by atoms with Crippen LogP contribution in [0.25, 0.3) is 21.5 Å². The lowest BCUT2D eigenvalue weighted by molar-refractivity contribution is -0.144. The van der Waals surface area contributed by atoms with Crippen LogP contribution in [0, 0.1) is 0 Å². The van der Waals surface area contributed by atoms with Gasteiger partial charge in [0, 0.05) is 52.6 Å².